The van der Waals surface area contributed by atoms with E-state index >= 15 is 0 Å². The van der Waals surface area contributed by atoms with Gasteiger partial charge in [0, 0.05) is 49.5 Å². The Balaban J connectivity index is 1.12. The molecule has 10 aromatic rings. The summed E-state index contributed by atoms with van der Waals surface area (Å²) < 4.78 is 6.42. The van der Waals surface area contributed by atoms with Gasteiger partial charge >= 0.3 is 0 Å². The van der Waals surface area contributed by atoms with Crippen molar-refractivity contribution < 1.29 is 4.42 Å². The van der Waals surface area contributed by atoms with E-state index in [-0.39, 0.29) is 23.0 Å². The molecule has 0 atom stereocenters. The van der Waals surface area contributed by atoms with Crippen molar-refractivity contribution in [2.45, 2.75) is 57.8 Å². The average molecular weight is 844 g/mol. The van der Waals surface area contributed by atoms with Crippen LogP contribution in [0.4, 0.5) is 17.1 Å². The number of para-hydroxylation sites is 1. The predicted molar refractivity (Wildman–Crippen MR) is 277 cm³/mol. The van der Waals surface area contributed by atoms with Crippen LogP contribution < -0.4 is 21.3 Å². The molecular formula is C63H46BNO. The van der Waals surface area contributed by atoms with E-state index in [0.29, 0.717) is 0 Å². The summed E-state index contributed by atoms with van der Waals surface area (Å²) in [6.07, 6.45) is 0. The van der Waals surface area contributed by atoms with Crippen LogP contribution in [0.5, 0.6) is 0 Å². The van der Waals surface area contributed by atoms with Gasteiger partial charge in [0.05, 0.1) is 5.69 Å². The second-order valence-electron chi connectivity index (χ2n) is 21.1. The first-order chi connectivity index (χ1) is 32.0. The Morgan fingerprint density at radius 2 is 0.939 bits per heavy atom. The standard InChI is InChI=1S/C63H46BNO/c1-61(2)43-20-11-7-17-38(43)55-46(61)23-15-24-51(55)65-52-34-36(35-26-31-54-41(32-35)37-16-10-14-25-53(37)66-54)33-42-58-49(29-27-47-56(58)39-18-8-12-21-44(39)62(47,3)4)64(59(42)52)50-30-28-48-57(60(50)65)40-19-9-13-22-45(40)63(48,5)6/h7-34H,1-6H3. The molecule has 3 aliphatic carbocycles. The third kappa shape index (κ3) is 4.31. The number of hydrogen-bond donors (Lipinski definition) is 0. The molecule has 312 valence electrons. The smallest absolute Gasteiger partial charge is 0.248 e. The fourth-order valence-corrected chi connectivity index (χ4v) is 13.8. The Hall–Kier alpha value is -7.36. The summed E-state index contributed by atoms with van der Waals surface area (Å²) in [6, 6.07) is 64.9. The highest BCUT2D eigenvalue weighted by atomic mass is 16.3. The highest BCUT2D eigenvalue weighted by molar-refractivity contribution is 7.01. The molecule has 0 unspecified atom stereocenters. The number of rotatable bonds is 2. The highest BCUT2D eigenvalue weighted by Gasteiger charge is 2.50. The number of hydrogen-bond acceptors (Lipinski definition) is 2. The van der Waals surface area contributed by atoms with Crippen LogP contribution in [0, 0.1) is 0 Å². The summed E-state index contributed by atoms with van der Waals surface area (Å²) >= 11 is 0. The number of furan rings is 1. The van der Waals surface area contributed by atoms with E-state index in [0.717, 1.165) is 21.9 Å². The van der Waals surface area contributed by atoms with Crippen molar-refractivity contribution in [2.75, 3.05) is 4.90 Å². The van der Waals surface area contributed by atoms with Crippen molar-refractivity contribution in [3.63, 3.8) is 0 Å². The quantitative estimate of drug-likeness (QED) is 0.161. The molecule has 0 bridgehead atoms. The van der Waals surface area contributed by atoms with Crippen molar-refractivity contribution in [2.24, 2.45) is 0 Å². The maximum absolute atomic E-state index is 6.42. The SMILES string of the molecule is CC1(C)c2ccccc2-c2c(N3c4cc(-c5ccc6oc7ccccc7c6c5)cc5c4B(c4ccc6c(c4-5)-c4ccccc4C6(C)C)c4ccc5c(c43)-c3ccccc3C5(C)C)cccc21. The molecule has 0 fully saturated rings. The fraction of sp³-hybridized carbons (Fsp3) is 0.143. The van der Waals surface area contributed by atoms with Gasteiger partial charge in [0.2, 0.25) is 6.71 Å². The van der Waals surface area contributed by atoms with Gasteiger partial charge in [-0.25, -0.2) is 0 Å². The molecule has 1 aromatic heterocycles. The van der Waals surface area contributed by atoms with Gasteiger partial charge in [0.1, 0.15) is 11.2 Å². The lowest BCUT2D eigenvalue weighted by atomic mass is 9.36. The second kappa shape index (κ2) is 12.1. The molecule has 0 radical (unpaired) electrons. The van der Waals surface area contributed by atoms with Crippen LogP contribution in [0.2, 0.25) is 0 Å². The lowest BCUT2D eigenvalue weighted by Crippen LogP contribution is -2.55. The van der Waals surface area contributed by atoms with Crippen LogP contribution in [0.15, 0.2) is 174 Å². The summed E-state index contributed by atoms with van der Waals surface area (Å²) in [7, 11) is 0. The monoisotopic (exact) mass is 843 g/mol. The zero-order valence-electron chi connectivity index (χ0n) is 38.1. The minimum Gasteiger partial charge on any atom is -0.456 e. The zero-order valence-corrected chi connectivity index (χ0v) is 38.1. The zero-order chi connectivity index (χ0) is 44.2. The maximum atomic E-state index is 6.42. The van der Waals surface area contributed by atoms with Gasteiger partial charge in [-0.3, -0.25) is 0 Å². The van der Waals surface area contributed by atoms with Crippen LogP contribution in [0.1, 0.15) is 74.9 Å². The van der Waals surface area contributed by atoms with Crippen LogP contribution in [0.25, 0.3) is 77.6 Å². The molecule has 15 rings (SSSR count). The molecule has 66 heavy (non-hydrogen) atoms. The number of nitrogens with zero attached hydrogens (tertiary/aromatic N) is 1. The summed E-state index contributed by atoms with van der Waals surface area (Å²) in [4.78, 5) is 2.73. The Labute approximate surface area is 386 Å². The van der Waals surface area contributed by atoms with Crippen molar-refractivity contribution in [1.82, 2.24) is 0 Å². The van der Waals surface area contributed by atoms with E-state index in [2.05, 4.69) is 216 Å². The number of fused-ring (bicyclic) bond motifs is 19. The van der Waals surface area contributed by atoms with Crippen molar-refractivity contribution in [3.05, 3.63) is 203 Å². The van der Waals surface area contributed by atoms with Gasteiger partial charge in [-0.2, -0.15) is 0 Å². The number of benzene rings is 9. The predicted octanol–water partition coefficient (Wildman–Crippen LogP) is 14.5. The summed E-state index contributed by atoms with van der Waals surface area (Å²) in [5, 5.41) is 2.29. The largest absolute Gasteiger partial charge is 0.456 e. The van der Waals surface area contributed by atoms with Crippen molar-refractivity contribution in [1.29, 1.82) is 0 Å². The number of anilines is 3. The van der Waals surface area contributed by atoms with Crippen LogP contribution in [0.3, 0.4) is 0 Å². The molecule has 0 N–H and O–H groups in total. The molecule has 0 saturated carbocycles. The summed E-state index contributed by atoms with van der Waals surface area (Å²) in [5.41, 5.74) is 31.0. The molecule has 5 aliphatic rings. The van der Waals surface area contributed by atoms with E-state index in [1.807, 2.05) is 0 Å². The molecule has 3 heterocycles. The Bertz CT molecular complexity index is 3880. The molecule has 3 heteroatoms. The van der Waals surface area contributed by atoms with Gasteiger partial charge in [-0.15, -0.1) is 0 Å². The Morgan fingerprint density at radius 3 is 1.65 bits per heavy atom. The molecule has 0 saturated heterocycles. The highest BCUT2D eigenvalue weighted by Crippen LogP contribution is 2.60. The van der Waals surface area contributed by atoms with E-state index in [1.54, 1.807) is 0 Å². The molecule has 2 aliphatic heterocycles. The van der Waals surface area contributed by atoms with E-state index < -0.39 is 0 Å². The molecule has 0 amide bonds. The van der Waals surface area contributed by atoms with Gasteiger partial charge in [0.25, 0.3) is 0 Å². The van der Waals surface area contributed by atoms with Crippen LogP contribution >= 0.6 is 0 Å². The summed E-state index contributed by atoms with van der Waals surface area (Å²) in [5.74, 6) is 0. The van der Waals surface area contributed by atoms with E-state index in [4.69, 9.17) is 4.42 Å². The minimum absolute atomic E-state index is 0.0495. The van der Waals surface area contributed by atoms with Gasteiger partial charge in [-0.05, 0) is 125 Å². The minimum atomic E-state index is -0.167. The van der Waals surface area contributed by atoms with Gasteiger partial charge < -0.3 is 9.32 Å². The lowest BCUT2D eigenvalue weighted by Gasteiger charge is -2.39. The molecule has 0 spiro atoms. The first-order valence-electron chi connectivity index (χ1n) is 23.7. The summed E-state index contributed by atoms with van der Waals surface area (Å²) in [6.45, 7) is 14.5. The molecule has 2 nitrogen and oxygen atoms in total. The topological polar surface area (TPSA) is 16.4 Å². The van der Waals surface area contributed by atoms with Crippen LogP contribution in [-0.2, 0) is 16.2 Å². The van der Waals surface area contributed by atoms with Gasteiger partial charge in [0.15, 0.2) is 0 Å². The maximum Gasteiger partial charge on any atom is 0.248 e. The Kier molecular flexibility index (Phi) is 6.77. The Morgan fingerprint density at radius 1 is 0.379 bits per heavy atom. The average Bonchev–Trinajstić information content (AvgIpc) is 4.07. The van der Waals surface area contributed by atoms with E-state index in [9.17, 15) is 0 Å². The second-order valence-corrected chi connectivity index (χ2v) is 21.1. The van der Waals surface area contributed by atoms with E-state index in [1.165, 1.54) is 122 Å². The third-order valence-electron chi connectivity index (χ3n) is 16.9. The van der Waals surface area contributed by atoms with Gasteiger partial charge in [-0.1, -0.05) is 180 Å². The molecular weight excluding hydrogens is 798 g/mol. The fourth-order valence-electron chi connectivity index (χ4n) is 13.8. The van der Waals surface area contributed by atoms with Crippen LogP contribution in [-0.4, -0.2) is 6.71 Å². The first kappa shape index (κ1) is 36.9. The van der Waals surface area contributed by atoms with Crippen molar-refractivity contribution in [3.8, 4) is 55.6 Å². The third-order valence-corrected chi connectivity index (χ3v) is 16.9. The first-order valence-corrected chi connectivity index (χ1v) is 23.7. The lowest BCUT2D eigenvalue weighted by molar-refractivity contribution is 0.660. The molecule has 9 aromatic carbocycles. The normalized spacial score (nSPS) is 16.3. The van der Waals surface area contributed by atoms with Crippen molar-refractivity contribution >= 4 is 62.1 Å².